The van der Waals surface area contributed by atoms with Crippen molar-refractivity contribution in [3.8, 4) is 0 Å². The van der Waals surface area contributed by atoms with Crippen molar-refractivity contribution in [2.45, 2.75) is 37.5 Å². The summed E-state index contributed by atoms with van der Waals surface area (Å²) >= 11 is 0. The normalized spacial score (nSPS) is 22.1. The van der Waals surface area contributed by atoms with E-state index in [-0.39, 0.29) is 5.25 Å². The van der Waals surface area contributed by atoms with Gasteiger partial charge in [-0.1, -0.05) is 12.5 Å². The van der Waals surface area contributed by atoms with Crippen molar-refractivity contribution in [1.82, 2.24) is 9.38 Å². The molecule has 20 heavy (non-hydrogen) atoms. The molecule has 3 heterocycles. The molecule has 0 radical (unpaired) electrons. The molecular weight excluding hydrogens is 274 g/mol. The summed E-state index contributed by atoms with van der Waals surface area (Å²) in [5, 5.41) is -0.289. The highest BCUT2D eigenvalue weighted by molar-refractivity contribution is 7.92. The summed E-state index contributed by atoms with van der Waals surface area (Å²) in [6.45, 7) is 0.468. The number of nitrogens with zero attached hydrogens (tertiary/aromatic N) is 2. The lowest BCUT2D eigenvalue weighted by Crippen LogP contribution is -2.30. The van der Waals surface area contributed by atoms with E-state index in [1.165, 1.54) is 0 Å². The molecule has 0 aromatic carbocycles. The largest absolute Gasteiger partial charge is 0.326 e. The Morgan fingerprint density at radius 1 is 1.35 bits per heavy atom. The van der Waals surface area contributed by atoms with Crippen LogP contribution in [0.15, 0.2) is 24.5 Å². The van der Waals surface area contributed by atoms with Gasteiger partial charge in [0, 0.05) is 19.2 Å². The van der Waals surface area contributed by atoms with Crippen molar-refractivity contribution in [3.63, 3.8) is 0 Å². The summed E-state index contributed by atoms with van der Waals surface area (Å²) in [4.78, 5) is 4.39. The third-order valence-electron chi connectivity index (χ3n) is 4.02. The number of nitrogens with two attached hydrogens (primary N) is 1. The molecule has 6 heteroatoms. The summed E-state index contributed by atoms with van der Waals surface area (Å²) in [6, 6.07) is 3.94. The van der Waals surface area contributed by atoms with Crippen LogP contribution >= 0.6 is 0 Å². The summed E-state index contributed by atoms with van der Waals surface area (Å²) in [5.74, 6) is 1.13. The first kappa shape index (κ1) is 13.6. The van der Waals surface area contributed by atoms with Gasteiger partial charge in [0.1, 0.15) is 5.82 Å². The molecule has 1 fully saturated rings. The first-order valence-corrected chi connectivity index (χ1v) is 8.68. The quantitative estimate of drug-likeness (QED) is 0.925. The van der Waals surface area contributed by atoms with E-state index < -0.39 is 9.84 Å². The first-order valence-electron chi connectivity index (χ1n) is 6.96. The molecule has 108 valence electrons. The van der Waals surface area contributed by atoms with Gasteiger partial charge in [-0.15, -0.1) is 0 Å². The Balaban J connectivity index is 1.94. The molecule has 2 N–H and O–H groups in total. The molecule has 3 rings (SSSR count). The van der Waals surface area contributed by atoms with Gasteiger partial charge < -0.3 is 10.1 Å². The van der Waals surface area contributed by atoms with Crippen LogP contribution in [0.3, 0.4) is 0 Å². The number of hydrogen-bond donors (Lipinski definition) is 1. The molecular formula is C14H19N3O2S. The second-order valence-electron chi connectivity index (χ2n) is 5.40. The molecule has 1 aliphatic heterocycles. The van der Waals surface area contributed by atoms with Crippen LogP contribution in [0.2, 0.25) is 0 Å². The van der Waals surface area contributed by atoms with Gasteiger partial charge in [-0.3, -0.25) is 0 Å². The molecule has 0 aliphatic carbocycles. The minimum atomic E-state index is -2.96. The van der Waals surface area contributed by atoms with Gasteiger partial charge in [0.25, 0.3) is 0 Å². The number of pyridine rings is 1. The number of rotatable bonds is 3. The fourth-order valence-electron chi connectivity index (χ4n) is 2.81. The minimum absolute atomic E-state index is 0.289. The second-order valence-corrected chi connectivity index (χ2v) is 7.80. The van der Waals surface area contributed by atoms with Crippen LogP contribution < -0.4 is 5.73 Å². The summed E-state index contributed by atoms with van der Waals surface area (Å²) in [5.41, 5.74) is 7.65. The summed E-state index contributed by atoms with van der Waals surface area (Å²) in [6.07, 6.45) is 6.75. The van der Waals surface area contributed by atoms with Crippen molar-refractivity contribution in [3.05, 3.63) is 35.9 Å². The third-order valence-corrected chi connectivity index (χ3v) is 6.30. The summed E-state index contributed by atoms with van der Waals surface area (Å²) < 4.78 is 26.2. The van der Waals surface area contributed by atoms with E-state index in [1.54, 1.807) is 6.20 Å². The number of imidazole rings is 1. The maximum atomic E-state index is 12.1. The molecule has 2 aromatic rings. The molecule has 1 aliphatic rings. The van der Waals surface area contributed by atoms with Crippen LogP contribution in [-0.2, 0) is 22.8 Å². The summed E-state index contributed by atoms with van der Waals surface area (Å²) in [7, 11) is -2.96. The molecule has 1 atom stereocenters. The third kappa shape index (κ3) is 2.45. The fourth-order valence-corrected chi connectivity index (χ4v) is 4.68. The fraction of sp³-hybridized carbons (Fsp3) is 0.500. The zero-order valence-corrected chi connectivity index (χ0v) is 12.1. The molecule has 0 amide bonds. The van der Waals surface area contributed by atoms with Gasteiger partial charge >= 0.3 is 0 Å². The SMILES string of the molecule is NCc1ccc2cnc(CC3CCCCS3(=O)=O)n2c1. The van der Waals surface area contributed by atoms with Crippen molar-refractivity contribution in [1.29, 1.82) is 0 Å². The highest BCUT2D eigenvalue weighted by Crippen LogP contribution is 2.23. The Labute approximate surface area is 118 Å². The average molecular weight is 293 g/mol. The van der Waals surface area contributed by atoms with Crippen molar-refractivity contribution < 1.29 is 8.42 Å². The van der Waals surface area contributed by atoms with Crippen molar-refractivity contribution in [2.75, 3.05) is 5.75 Å². The predicted octanol–water partition coefficient (Wildman–Crippen LogP) is 1.30. The topological polar surface area (TPSA) is 77.5 Å². The van der Waals surface area contributed by atoms with Crippen LogP contribution in [0.5, 0.6) is 0 Å². The molecule has 0 spiro atoms. The maximum Gasteiger partial charge on any atom is 0.153 e. The Kier molecular flexibility index (Phi) is 3.52. The van der Waals surface area contributed by atoms with E-state index in [0.29, 0.717) is 18.7 Å². The van der Waals surface area contributed by atoms with Crippen LogP contribution in [0.4, 0.5) is 0 Å². The highest BCUT2D eigenvalue weighted by atomic mass is 32.2. The highest BCUT2D eigenvalue weighted by Gasteiger charge is 2.29. The van der Waals surface area contributed by atoms with E-state index in [4.69, 9.17) is 5.73 Å². The Morgan fingerprint density at radius 2 is 2.20 bits per heavy atom. The van der Waals surface area contributed by atoms with E-state index >= 15 is 0 Å². The van der Waals surface area contributed by atoms with Crippen LogP contribution in [-0.4, -0.2) is 28.8 Å². The monoisotopic (exact) mass is 293 g/mol. The number of fused-ring (bicyclic) bond motifs is 1. The lowest BCUT2D eigenvalue weighted by Gasteiger charge is -2.21. The van der Waals surface area contributed by atoms with E-state index in [1.807, 2.05) is 22.7 Å². The predicted molar refractivity (Wildman–Crippen MR) is 78.2 cm³/mol. The molecule has 0 bridgehead atoms. The van der Waals surface area contributed by atoms with Crippen molar-refractivity contribution in [2.24, 2.45) is 5.73 Å². The lowest BCUT2D eigenvalue weighted by atomic mass is 10.1. The zero-order valence-electron chi connectivity index (χ0n) is 11.3. The lowest BCUT2D eigenvalue weighted by molar-refractivity contribution is 0.534. The first-order chi connectivity index (χ1) is 9.60. The molecule has 0 saturated carbocycles. The van der Waals surface area contributed by atoms with Gasteiger partial charge in [0.15, 0.2) is 9.84 Å². The maximum absolute atomic E-state index is 12.1. The number of aromatic nitrogens is 2. The van der Waals surface area contributed by atoms with Gasteiger partial charge in [-0.25, -0.2) is 13.4 Å². The molecule has 1 unspecified atom stereocenters. The van der Waals surface area contributed by atoms with Crippen LogP contribution in [0.25, 0.3) is 5.52 Å². The van der Waals surface area contributed by atoms with Gasteiger partial charge in [-0.2, -0.15) is 0 Å². The Bertz CT molecular complexity index is 721. The van der Waals surface area contributed by atoms with Crippen LogP contribution in [0.1, 0.15) is 30.7 Å². The Morgan fingerprint density at radius 3 is 2.95 bits per heavy atom. The number of hydrogen-bond acceptors (Lipinski definition) is 4. The van der Waals surface area contributed by atoms with Crippen LogP contribution in [0, 0.1) is 0 Å². The molecule has 1 saturated heterocycles. The number of sulfone groups is 1. The van der Waals surface area contributed by atoms with E-state index in [9.17, 15) is 8.42 Å². The Hall–Kier alpha value is -1.40. The van der Waals surface area contributed by atoms with Crippen molar-refractivity contribution >= 4 is 15.4 Å². The van der Waals surface area contributed by atoms with Gasteiger partial charge in [-0.05, 0) is 24.5 Å². The van der Waals surface area contributed by atoms with E-state index in [0.717, 1.165) is 36.2 Å². The second kappa shape index (κ2) is 5.18. The molecule has 2 aromatic heterocycles. The smallest absolute Gasteiger partial charge is 0.153 e. The standard InChI is InChI=1S/C14H19N3O2S/c15-8-11-4-5-12-9-16-14(17(12)10-11)7-13-3-1-2-6-20(13,18)19/h4-5,9-10,13H,1-3,6-8,15H2. The van der Waals surface area contributed by atoms with E-state index in [2.05, 4.69) is 4.98 Å². The average Bonchev–Trinajstić information content (AvgIpc) is 2.83. The van der Waals surface area contributed by atoms with Gasteiger partial charge in [0.05, 0.1) is 22.7 Å². The zero-order chi connectivity index (χ0) is 14.2. The minimum Gasteiger partial charge on any atom is -0.326 e. The van der Waals surface area contributed by atoms with Gasteiger partial charge in [0.2, 0.25) is 0 Å². The molecule has 5 nitrogen and oxygen atoms in total.